The van der Waals surface area contributed by atoms with Crippen molar-refractivity contribution in [3.8, 4) is 0 Å². The number of hydrogen-bond donors (Lipinski definition) is 0. The van der Waals surface area contributed by atoms with Crippen molar-refractivity contribution in [1.82, 2.24) is 4.90 Å². The Hall–Kier alpha value is -1.51. The average Bonchev–Trinajstić information content (AvgIpc) is 2.86. The average molecular weight is 246 g/mol. The van der Waals surface area contributed by atoms with E-state index in [0.29, 0.717) is 6.04 Å². The van der Waals surface area contributed by atoms with E-state index in [9.17, 15) is 4.79 Å². The van der Waals surface area contributed by atoms with E-state index in [2.05, 4.69) is 6.92 Å². The molecule has 1 aliphatic rings. The summed E-state index contributed by atoms with van der Waals surface area (Å²) in [5.74, 6) is 0.185. The molecule has 0 aromatic heterocycles. The summed E-state index contributed by atoms with van der Waals surface area (Å²) in [6, 6.07) is 8.31. The summed E-state index contributed by atoms with van der Waals surface area (Å²) >= 11 is 0. The molecule has 1 aliphatic heterocycles. The molecule has 0 aliphatic carbocycles. The van der Waals surface area contributed by atoms with Crippen LogP contribution in [0.1, 0.15) is 36.5 Å². The van der Waals surface area contributed by atoms with Crippen LogP contribution in [0.15, 0.2) is 24.3 Å². The van der Waals surface area contributed by atoms with Crippen molar-refractivity contribution in [2.24, 2.45) is 0 Å². The van der Waals surface area contributed by atoms with Crippen molar-refractivity contribution in [2.75, 3.05) is 25.5 Å². The molecule has 2 rings (SSSR count). The van der Waals surface area contributed by atoms with Crippen LogP contribution in [0.3, 0.4) is 0 Å². The highest BCUT2D eigenvalue weighted by Gasteiger charge is 2.27. The number of hydrogen-bond acceptors (Lipinski definition) is 2. The van der Waals surface area contributed by atoms with E-state index in [-0.39, 0.29) is 5.91 Å². The fourth-order valence-corrected chi connectivity index (χ4v) is 2.60. The van der Waals surface area contributed by atoms with Gasteiger partial charge >= 0.3 is 0 Å². The van der Waals surface area contributed by atoms with Crippen molar-refractivity contribution in [3.63, 3.8) is 0 Å². The van der Waals surface area contributed by atoms with Crippen LogP contribution in [-0.4, -0.2) is 37.5 Å². The molecule has 3 nitrogen and oxygen atoms in total. The van der Waals surface area contributed by atoms with Crippen LogP contribution in [0.4, 0.5) is 5.69 Å². The van der Waals surface area contributed by atoms with Crippen LogP contribution in [0, 0.1) is 0 Å². The first kappa shape index (κ1) is 12.9. The van der Waals surface area contributed by atoms with Crippen LogP contribution in [0.25, 0.3) is 0 Å². The molecule has 18 heavy (non-hydrogen) atoms. The van der Waals surface area contributed by atoms with Gasteiger partial charge in [-0.15, -0.1) is 0 Å². The molecule has 0 spiro atoms. The predicted octanol–water partition coefficient (Wildman–Crippen LogP) is 2.77. The molecule has 1 aromatic carbocycles. The Kier molecular flexibility index (Phi) is 3.90. The number of benzene rings is 1. The number of carbonyl (C=O) groups is 1. The zero-order valence-corrected chi connectivity index (χ0v) is 11.5. The van der Waals surface area contributed by atoms with Gasteiger partial charge in [0.25, 0.3) is 5.91 Å². The normalized spacial score (nSPS) is 19.1. The minimum Gasteiger partial charge on any atom is -0.378 e. The molecule has 98 valence electrons. The van der Waals surface area contributed by atoms with E-state index in [1.165, 1.54) is 0 Å². The van der Waals surface area contributed by atoms with Gasteiger partial charge in [0.2, 0.25) is 0 Å². The lowest BCUT2D eigenvalue weighted by molar-refractivity contribution is 0.0733. The van der Waals surface area contributed by atoms with Crippen molar-refractivity contribution in [1.29, 1.82) is 0 Å². The second kappa shape index (κ2) is 5.42. The molecule has 1 aromatic rings. The summed E-state index contributed by atoms with van der Waals surface area (Å²) in [6.45, 7) is 3.07. The minimum absolute atomic E-state index is 0.185. The van der Waals surface area contributed by atoms with Crippen LogP contribution >= 0.6 is 0 Å². The molecular formula is C15H22N2O. The predicted molar refractivity (Wildman–Crippen MR) is 75.1 cm³/mol. The second-order valence-electron chi connectivity index (χ2n) is 5.14. The van der Waals surface area contributed by atoms with Gasteiger partial charge in [-0.3, -0.25) is 4.79 Å². The number of likely N-dealkylation sites (tertiary alicyclic amines) is 1. The summed E-state index contributed by atoms with van der Waals surface area (Å²) in [4.78, 5) is 16.5. The van der Waals surface area contributed by atoms with Gasteiger partial charge in [0.1, 0.15) is 0 Å². The van der Waals surface area contributed by atoms with Gasteiger partial charge in [0, 0.05) is 37.9 Å². The first-order chi connectivity index (χ1) is 8.63. The highest BCUT2D eigenvalue weighted by atomic mass is 16.2. The molecule has 1 heterocycles. The van der Waals surface area contributed by atoms with Gasteiger partial charge in [-0.1, -0.05) is 6.92 Å². The second-order valence-corrected chi connectivity index (χ2v) is 5.14. The van der Waals surface area contributed by atoms with E-state index in [1.807, 2.05) is 48.2 Å². The number of anilines is 1. The Morgan fingerprint density at radius 2 is 2.00 bits per heavy atom. The summed E-state index contributed by atoms with van der Waals surface area (Å²) < 4.78 is 0. The topological polar surface area (TPSA) is 23.6 Å². The van der Waals surface area contributed by atoms with Crippen LogP contribution in [-0.2, 0) is 0 Å². The molecule has 0 bridgehead atoms. The van der Waals surface area contributed by atoms with Gasteiger partial charge < -0.3 is 9.80 Å². The van der Waals surface area contributed by atoms with Crippen molar-refractivity contribution >= 4 is 11.6 Å². The number of rotatable bonds is 3. The zero-order chi connectivity index (χ0) is 13.1. The van der Waals surface area contributed by atoms with Crippen molar-refractivity contribution in [2.45, 2.75) is 32.2 Å². The molecule has 0 N–H and O–H groups in total. The molecule has 1 fully saturated rings. The molecule has 0 saturated carbocycles. The standard InChI is InChI=1S/C15H22N2O/c1-4-13-6-5-11-17(13)15(18)12-7-9-14(10-8-12)16(2)3/h7-10,13H,4-6,11H2,1-3H3. The van der Waals surface area contributed by atoms with Crippen LogP contribution in [0.2, 0.25) is 0 Å². The Morgan fingerprint density at radius 3 is 2.56 bits per heavy atom. The third kappa shape index (κ3) is 2.50. The molecule has 3 heteroatoms. The maximum atomic E-state index is 12.4. The summed E-state index contributed by atoms with van der Waals surface area (Å²) in [6.07, 6.45) is 3.35. The third-order valence-corrected chi connectivity index (χ3v) is 3.74. The zero-order valence-electron chi connectivity index (χ0n) is 11.5. The number of amides is 1. The van der Waals surface area contributed by atoms with Gasteiger partial charge in [-0.25, -0.2) is 0 Å². The fraction of sp³-hybridized carbons (Fsp3) is 0.533. The first-order valence-corrected chi connectivity index (χ1v) is 6.72. The largest absolute Gasteiger partial charge is 0.378 e. The monoisotopic (exact) mass is 246 g/mol. The van der Waals surface area contributed by atoms with Gasteiger partial charge in [0.05, 0.1) is 0 Å². The number of carbonyl (C=O) groups excluding carboxylic acids is 1. The van der Waals surface area contributed by atoms with E-state index in [1.54, 1.807) is 0 Å². The highest BCUT2D eigenvalue weighted by molar-refractivity contribution is 5.95. The maximum Gasteiger partial charge on any atom is 0.254 e. The van der Waals surface area contributed by atoms with Crippen molar-refractivity contribution < 1.29 is 4.79 Å². The SMILES string of the molecule is CCC1CCCN1C(=O)c1ccc(N(C)C)cc1. The van der Waals surface area contributed by atoms with Gasteiger partial charge in [-0.05, 0) is 43.5 Å². The van der Waals surface area contributed by atoms with E-state index < -0.39 is 0 Å². The quantitative estimate of drug-likeness (QED) is 0.818. The summed E-state index contributed by atoms with van der Waals surface area (Å²) in [5.41, 5.74) is 1.93. The lowest BCUT2D eigenvalue weighted by Gasteiger charge is -2.24. The molecular weight excluding hydrogens is 224 g/mol. The smallest absolute Gasteiger partial charge is 0.254 e. The molecule has 1 unspecified atom stereocenters. The minimum atomic E-state index is 0.185. The fourth-order valence-electron chi connectivity index (χ4n) is 2.60. The Morgan fingerprint density at radius 1 is 1.33 bits per heavy atom. The Bertz CT molecular complexity index is 411. The molecule has 1 amide bonds. The summed E-state index contributed by atoms with van der Waals surface area (Å²) in [7, 11) is 4.01. The Labute approximate surface area is 109 Å². The first-order valence-electron chi connectivity index (χ1n) is 6.72. The molecule has 1 saturated heterocycles. The van der Waals surface area contributed by atoms with Gasteiger partial charge in [0.15, 0.2) is 0 Å². The summed E-state index contributed by atoms with van der Waals surface area (Å²) in [5, 5.41) is 0. The lowest BCUT2D eigenvalue weighted by Crippen LogP contribution is -2.35. The van der Waals surface area contributed by atoms with E-state index in [0.717, 1.165) is 37.1 Å². The number of nitrogens with zero attached hydrogens (tertiary/aromatic N) is 2. The maximum absolute atomic E-state index is 12.4. The van der Waals surface area contributed by atoms with Gasteiger partial charge in [-0.2, -0.15) is 0 Å². The van der Waals surface area contributed by atoms with E-state index in [4.69, 9.17) is 0 Å². The molecule has 0 radical (unpaired) electrons. The molecule has 1 atom stereocenters. The highest BCUT2D eigenvalue weighted by Crippen LogP contribution is 2.23. The lowest BCUT2D eigenvalue weighted by atomic mass is 10.1. The van der Waals surface area contributed by atoms with Crippen molar-refractivity contribution in [3.05, 3.63) is 29.8 Å². The van der Waals surface area contributed by atoms with Crippen LogP contribution < -0.4 is 4.90 Å². The Balaban J connectivity index is 2.13. The van der Waals surface area contributed by atoms with E-state index >= 15 is 0 Å². The van der Waals surface area contributed by atoms with Crippen LogP contribution in [0.5, 0.6) is 0 Å². The third-order valence-electron chi connectivity index (χ3n) is 3.74.